The topological polar surface area (TPSA) is 76.2 Å². The predicted octanol–water partition coefficient (Wildman–Crippen LogP) is 1.38. The molecule has 1 fully saturated rings. The van der Waals surface area contributed by atoms with E-state index in [0.717, 1.165) is 6.42 Å². The molecule has 0 amide bonds. The third kappa shape index (κ3) is 3.23. The van der Waals surface area contributed by atoms with Crippen molar-refractivity contribution in [3.8, 4) is 0 Å². The SMILES string of the molecule is O=C(O)Cc1nc(CC2CCSCC2)no1. The Morgan fingerprint density at radius 3 is 2.94 bits per heavy atom. The number of aliphatic carboxylic acids is 1. The summed E-state index contributed by atoms with van der Waals surface area (Å²) < 4.78 is 4.87. The maximum Gasteiger partial charge on any atom is 0.312 e. The summed E-state index contributed by atoms with van der Waals surface area (Å²) in [6, 6.07) is 0. The van der Waals surface area contributed by atoms with Crippen molar-refractivity contribution in [3.05, 3.63) is 11.7 Å². The summed E-state index contributed by atoms with van der Waals surface area (Å²) in [4.78, 5) is 14.5. The molecular weight excluding hydrogens is 228 g/mol. The van der Waals surface area contributed by atoms with Gasteiger partial charge in [-0.15, -0.1) is 0 Å². The molecule has 2 heterocycles. The first kappa shape index (κ1) is 11.4. The highest BCUT2D eigenvalue weighted by Crippen LogP contribution is 2.25. The van der Waals surface area contributed by atoms with Crippen LogP contribution in [-0.4, -0.2) is 32.7 Å². The predicted molar refractivity (Wildman–Crippen MR) is 59.4 cm³/mol. The lowest BCUT2D eigenvalue weighted by Crippen LogP contribution is -2.13. The van der Waals surface area contributed by atoms with Gasteiger partial charge in [0.15, 0.2) is 5.82 Å². The highest BCUT2D eigenvalue weighted by molar-refractivity contribution is 7.99. The Hall–Kier alpha value is -1.04. The Labute approximate surface area is 97.6 Å². The summed E-state index contributed by atoms with van der Waals surface area (Å²) in [5, 5.41) is 12.4. The van der Waals surface area contributed by atoms with Crippen LogP contribution in [0.2, 0.25) is 0 Å². The lowest BCUT2D eigenvalue weighted by Gasteiger charge is -2.19. The van der Waals surface area contributed by atoms with Crippen molar-refractivity contribution >= 4 is 17.7 Å². The molecule has 0 atom stereocenters. The maximum atomic E-state index is 10.4. The van der Waals surface area contributed by atoms with Gasteiger partial charge in [-0.3, -0.25) is 4.79 Å². The number of aromatic nitrogens is 2. The fourth-order valence-corrected chi connectivity index (χ4v) is 2.99. The summed E-state index contributed by atoms with van der Waals surface area (Å²) in [7, 11) is 0. The van der Waals surface area contributed by atoms with Gasteiger partial charge in [-0.05, 0) is 30.3 Å². The van der Waals surface area contributed by atoms with Crippen molar-refractivity contribution in [2.45, 2.75) is 25.7 Å². The van der Waals surface area contributed by atoms with E-state index in [9.17, 15) is 4.79 Å². The Balaban J connectivity index is 1.88. The van der Waals surface area contributed by atoms with Crippen LogP contribution >= 0.6 is 11.8 Å². The Morgan fingerprint density at radius 2 is 2.25 bits per heavy atom. The highest BCUT2D eigenvalue weighted by Gasteiger charge is 2.18. The van der Waals surface area contributed by atoms with Gasteiger partial charge < -0.3 is 9.63 Å². The molecule has 1 aliphatic heterocycles. The third-order valence-electron chi connectivity index (χ3n) is 2.62. The molecule has 6 heteroatoms. The van der Waals surface area contributed by atoms with Crippen LogP contribution in [0, 0.1) is 5.92 Å². The Kier molecular flexibility index (Phi) is 3.82. The lowest BCUT2D eigenvalue weighted by molar-refractivity contribution is -0.136. The van der Waals surface area contributed by atoms with Crippen molar-refractivity contribution in [3.63, 3.8) is 0 Å². The number of carbonyl (C=O) groups is 1. The third-order valence-corrected chi connectivity index (χ3v) is 3.67. The molecule has 0 saturated carbocycles. The molecule has 0 spiro atoms. The van der Waals surface area contributed by atoms with Gasteiger partial charge in [0.1, 0.15) is 6.42 Å². The van der Waals surface area contributed by atoms with Gasteiger partial charge in [-0.1, -0.05) is 5.16 Å². The minimum Gasteiger partial charge on any atom is -0.481 e. The van der Waals surface area contributed by atoms with Crippen LogP contribution in [0.4, 0.5) is 0 Å². The molecular formula is C10H14N2O3S. The molecule has 0 aliphatic carbocycles. The molecule has 1 saturated heterocycles. The number of thioether (sulfide) groups is 1. The van der Waals surface area contributed by atoms with Crippen molar-refractivity contribution in [2.75, 3.05) is 11.5 Å². The van der Waals surface area contributed by atoms with Gasteiger partial charge in [0.2, 0.25) is 5.89 Å². The number of carboxylic acids is 1. The number of hydrogen-bond donors (Lipinski definition) is 1. The van der Waals surface area contributed by atoms with Crippen LogP contribution in [0.5, 0.6) is 0 Å². The van der Waals surface area contributed by atoms with E-state index in [2.05, 4.69) is 10.1 Å². The van der Waals surface area contributed by atoms with Crippen molar-refractivity contribution in [1.29, 1.82) is 0 Å². The first-order chi connectivity index (χ1) is 7.74. The standard InChI is InChI=1S/C10H14N2O3S/c13-10(14)6-9-11-8(12-15-9)5-7-1-3-16-4-2-7/h7H,1-6H2,(H,13,14). The number of carboxylic acid groups (broad SMARTS) is 1. The van der Waals surface area contributed by atoms with Crippen molar-refractivity contribution in [1.82, 2.24) is 10.1 Å². The van der Waals surface area contributed by atoms with E-state index in [4.69, 9.17) is 9.63 Å². The second kappa shape index (κ2) is 5.34. The second-order valence-electron chi connectivity index (χ2n) is 3.93. The number of hydrogen-bond acceptors (Lipinski definition) is 5. The number of nitrogens with zero attached hydrogens (tertiary/aromatic N) is 2. The summed E-state index contributed by atoms with van der Waals surface area (Å²) in [5.41, 5.74) is 0. The van der Waals surface area contributed by atoms with E-state index < -0.39 is 5.97 Å². The molecule has 0 aromatic carbocycles. The quantitative estimate of drug-likeness (QED) is 0.859. The van der Waals surface area contributed by atoms with E-state index in [1.165, 1.54) is 24.3 Å². The average Bonchev–Trinajstić information content (AvgIpc) is 2.66. The van der Waals surface area contributed by atoms with Crippen LogP contribution in [0.3, 0.4) is 0 Å². The minimum atomic E-state index is -0.940. The number of rotatable bonds is 4. The Bertz CT molecular complexity index is 361. The van der Waals surface area contributed by atoms with E-state index in [1.54, 1.807) is 0 Å². The monoisotopic (exact) mass is 242 g/mol. The Morgan fingerprint density at radius 1 is 1.50 bits per heavy atom. The minimum absolute atomic E-state index is 0.187. The smallest absolute Gasteiger partial charge is 0.312 e. The van der Waals surface area contributed by atoms with E-state index in [0.29, 0.717) is 11.7 Å². The van der Waals surface area contributed by atoms with Gasteiger partial charge in [0.05, 0.1) is 0 Å². The summed E-state index contributed by atoms with van der Waals surface area (Å²) in [5.74, 6) is 2.93. The van der Waals surface area contributed by atoms with E-state index in [1.807, 2.05) is 11.8 Å². The largest absolute Gasteiger partial charge is 0.481 e. The molecule has 88 valence electrons. The van der Waals surface area contributed by atoms with E-state index >= 15 is 0 Å². The van der Waals surface area contributed by atoms with Crippen LogP contribution in [0.15, 0.2) is 4.52 Å². The van der Waals surface area contributed by atoms with Crippen molar-refractivity contribution in [2.24, 2.45) is 5.92 Å². The average molecular weight is 242 g/mol. The van der Waals surface area contributed by atoms with Gasteiger partial charge in [0, 0.05) is 6.42 Å². The zero-order chi connectivity index (χ0) is 11.4. The summed E-state index contributed by atoms with van der Waals surface area (Å²) >= 11 is 1.98. The van der Waals surface area contributed by atoms with Gasteiger partial charge in [-0.25, -0.2) is 0 Å². The van der Waals surface area contributed by atoms with Crippen molar-refractivity contribution < 1.29 is 14.4 Å². The van der Waals surface area contributed by atoms with Crippen LogP contribution < -0.4 is 0 Å². The van der Waals surface area contributed by atoms with Crippen LogP contribution in [0.25, 0.3) is 0 Å². The fraction of sp³-hybridized carbons (Fsp3) is 0.700. The molecule has 1 aromatic heterocycles. The van der Waals surface area contributed by atoms with Crippen LogP contribution in [0.1, 0.15) is 24.6 Å². The molecule has 2 rings (SSSR count). The molecule has 0 bridgehead atoms. The zero-order valence-corrected chi connectivity index (χ0v) is 9.70. The molecule has 1 aromatic rings. The molecule has 0 unspecified atom stereocenters. The van der Waals surface area contributed by atoms with Crippen LogP contribution in [-0.2, 0) is 17.6 Å². The molecule has 16 heavy (non-hydrogen) atoms. The summed E-state index contributed by atoms with van der Waals surface area (Å²) in [6.07, 6.45) is 3.00. The first-order valence-corrected chi connectivity index (χ1v) is 6.50. The van der Waals surface area contributed by atoms with Gasteiger partial charge in [0.25, 0.3) is 0 Å². The van der Waals surface area contributed by atoms with E-state index in [-0.39, 0.29) is 12.3 Å². The fourth-order valence-electron chi connectivity index (χ4n) is 1.78. The first-order valence-electron chi connectivity index (χ1n) is 5.35. The molecule has 1 aliphatic rings. The normalized spacial score (nSPS) is 17.5. The molecule has 1 N–H and O–H groups in total. The molecule has 5 nitrogen and oxygen atoms in total. The maximum absolute atomic E-state index is 10.4. The lowest BCUT2D eigenvalue weighted by atomic mass is 9.99. The molecule has 0 radical (unpaired) electrons. The summed E-state index contributed by atoms with van der Waals surface area (Å²) in [6.45, 7) is 0. The highest BCUT2D eigenvalue weighted by atomic mass is 32.2. The van der Waals surface area contributed by atoms with Gasteiger partial charge in [-0.2, -0.15) is 16.7 Å². The van der Waals surface area contributed by atoms with Gasteiger partial charge >= 0.3 is 5.97 Å². The zero-order valence-electron chi connectivity index (χ0n) is 8.89. The second-order valence-corrected chi connectivity index (χ2v) is 5.16.